The summed E-state index contributed by atoms with van der Waals surface area (Å²) < 4.78 is 28.7. The third-order valence-corrected chi connectivity index (χ3v) is 2.46. The molecule has 98 valence electrons. The molecule has 1 heterocycles. The average Bonchev–Trinajstić information content (AvgIpc) is 2.66. The first-order valence-corrected chi connectivity index (χ1v) is 5.12. The van der Waals surface area contributed by atoms with Crippen LogP contribution in [0.15, 0.2) is 16.9 Å². The Kier molecular flexibility index (Phi) is 3.04. The summed E-state index contributed by atoms with van der Waals surface area (Å²) in [4.78, 5) is 16.6. The van der Waals surface area contributed by atoms with Crippen molar-refractivity contribution in [1.29, 1.82) is 5.26 Å². The third-order valence-electron chi connectivity index (χ3n) is 2.46. The van der Waals surface area contributed by atoms with Gasteiger partial charge in [0.15, 0.2) is 11.6 Å². The van der Waals surface area contributed by atoms with Gasteiger partial charge in [-0.1, -0.05) is 0 Å². The topological polar surface area (TPSA) is 72.8 Å². The Morgan fingerprint density at radius 1 is 1.37 bits per heavy atom. The molecule has 0 unspecified atom stereocenters. The second-order valence-corrected chi connectivity index (χ2v) is 3.61. The molecule has 0 radical (unpaired) electrons. The summed E-state index contributed by atoms with van der Waals surface area (Å²) in [7, 11) is 1.25. The van der Waals surface area contributed by atoms with Gasteiger partial charge in [-0.05, 0) is 13.0 Å². The Bertz CT molecular complexity index is 742. The lowest BCUT2D eigenvalue weighted by Gasteiger charge is -2.02. The first-order valence-electron chi connectivity index (χ1n) is 5.12. The number of halogens is 2. The fourth-order valence-corrected chi connectivity index (χ4v) is 1.60. The Hall–Kier alpha value is -2.69. The predicted octanol–water partition coefficient (Wildman–Crippen LogP) is 0.551. The van der Waals surface area contributed by atoms with Gasteiger partial charge in [0.05, 0.1) is 5.56 Å². The van der Waals surface area contributed by atoms with Gasteiger partial charge in [-0.15, -0.1) is 9.83 Å². The molecule has 8 heteroatoms. The molecule has 0 aliphatic rings. The van der Waals surface area contributed by atoms with Gasteiger partial charge in [-0.25, -0.2) is 13.6 Å². The summed E-state index contributed by atoms with van der Waals surface area (Å²) >= 11 is 0. The molecule has 1 aromatic carbocycles. The van der Waals surface area contributed by atoms with Crippen molar-refractivity contribution in [2.45, 2.75) is 6.92 Å². The molecule has 0 aliphatic heterocycles. The van der Waals surface area contributed by atoms with E-state index in [9.17, 15) is 13.6 Å². The third kappa shape index (κ3) is 1.95. The first-order chi connectivity index (χ1) is 8.99. The van der Waals surface area contributed by atoms with E-state index in [2.05, 4.69) is 5.10 Å². The van der Waals surface area contributed by atoms with Gasteiger partial charge in [0.1, 0.15) is 24.7 Å². The molecule has 0 atom stereocenters. The van der Waals surface area contributed by atoms with Crippen molar-refractivity contribution in [3.05, 3.63) is 45.6 Å². The molecule has 1 aromatic heterocycles. The summed E-state index contributed by atoms with van der Waals surface area (Å²) in [5, 5.41) is 12.3. The zero-order valence-corrected chi connectivity index (χ0v) is 10.0. The number of nitriles is 1. The average molecular weight is 266 g/mol. The highest BCUT2D eigenvalue weighted by molar-refractivity contribution is 5.41. The van der Waals surface area contributed by atoms with Crippen molar-refractivity contribution >= 4 is 0 Å². The molecule has 0 amide bonds. The van der Waals surface area contributed by atoms with Crippen LogP contribution in [0.25, 0.3) is 5.69 Å². The first kappa shape index (κ1) is 12.8. The van der Waals surface area contributed by atoms with Crippen LogP contribution in [0, 0.1) is 29.9 Å². The maximum absolute atomic E-state index is 13.8. The van der Waals surface area contributed by atoms with Gasteiger partial charge in [-0.2, -0.15) is 9.94 Å². The van der Waals surface area contributed by atoms with Crippen LogP contribution in [-0.4, -0.2) is 21.6 Å². The maximum atomic E-state index is 13.8. The van der Waals surface area contributed by atoms with E-state index in [-0.39, 0.29) is 11.5 Å². The van der Waals surface area contributed by atoms with E-state index < -0.39 is 22.9 Å². The van der Waals surface area contributed by atoms with E-state index in [1.165, 1.54) is 20.1 Å². The van der Waals surface area contributed by atoms with E-state index in [0.717, 1.165) is 10.8 Å². The molecule has 0 saturated heterocycles. The minimum atomic E-state index is -0.935. The lowest BCUT2D eigenvalue weighted by molar-refractivity contribution is 0.151. The van der Waals surface area contributed by atoms with Crippen LogP contribution in [-0.2, 0) is 0 Å². The maximum Gasteiger partial charge on any atom is 0.384 e. The fraction of sp³-hybridized carbons (Fsp3) is 0.182. The minimum absolute atomic E-state index is 0.177. The van der Waals surface area contributed by atoms with Crippen LogP contribution < -0.4 is 10.5 Å². The molecule has 0 fully saturated rings. The summed E-state index contributed by atoms with van der Waals surface area (Å²) in [6.07, 6.45) is 0. The number of benzene rings is 1. The lowest BCUT2D eigenvalue weighted by Crippen LogP contribution is -2.28. The van der Waals surface area contributed by atoms with E-state index >= 15 is 0 Å². The minimum Gasteiger partial charge on any atom is -0.411 e. The molecule has 0 bridgehead atoms. The van der Waals surface area contributed by atoms with Crippen molar-refractivity contribution in [2.24, 2.45) is 0 Å². The van der Waals surface area contributed by atoms with Crippen molar-refractivity contribution in [3.8, 4) is 11.8 Å². The SMILES string of the molecule is COn1c(C)nn(-c2cc(F)c(C#N)cc2F)c1=O. The van der Waals surface area contributed by atoms with Crippen LogP contribution in [0.5, 0.6) is 0 Å². The standard InChI is InChI=1S/C11H8F2N4O2/c1-6-15-16(11(18)17(6)19-2)10-4-8(12)7(5-14)3-9(10)13/h3-4H,1-2H3. The normalized spacial score (nSPS) is 10.3. The molecule has 0 N–H and O–H groups in total. The van der Waals surface area contributed by atoms with Crippen molar-refractivity contribution < 1.29 is 13.6 Å². The van der Waals surface area contributed by atoms with Crippen LogP contribution in [0.2, 0.25) is 0 Å². The molecule has 6 nitrogen and oxygen atoms in total. The Balaban J connectivity index is 2.71. The van der Waals surface area contributed by atoms with E-state index in [1.807, 2.05) is 0 Å². The van der Waals surface area contributed by atoms with Gasteiger partial charge >= 0.3 is 5.69 Å². The van der Waals surface area contributed by atoms with Crippen LogP contribution in [0.4, 0.5) is 8.78 Å². The van der Waals surface area contributed by atoms with E-state index in [1.54, 1.807) is 0 Å². The van der Waals surface area contributed by atoms with Gasteiger partial charge in [-0.3, -0.25) is 0 Å². The quantitative estimate of drug-likeness (QED) is 0.795. The molecular weight excluding hydrogens is 258 g/mol. The zero-order chi connectivity index (χ0) is 14.2. The second-order valence-electron chi connectivity index (χ2n) is 3.61. The van der Waals surface area contributed by atoms with Gasteiger partial charge < -0.3 is 4.84 Å². The summed E-state index contributed by atoms with van der Waals surface area (Å²) in [6.45, 7) is 1.47. The second kappa shape index (κ2) is 4.53. The van der Waals surface area contributed by atoms with Crippen molar-refractivity contribution in [3.63, 3.8) is 0 Å². The van der Waals surface area contributed by atoms with Gasteiger partial charge in [0, 0.05) is 6.07 Å². The molecule has 19 heavy (non-hydrogen) atoms. The molecule has 0 spiro atoms. The highest BCUT2D eigenvalue weighted by atomic mass is 19.1. The molecule has 2 aromatic rings. The number of hydrogen-bond donors (Lipinski definition) is 0. The summed E-state index contributed by atoms with van der Waals surface area (Å²) in [6, 6.07) is 2.95. The number of rotatable bonds is 2. The molecular formula is C11H8F2N4O2. The van der Waals surface area contributed by atoms with Crippen LogP contribution in [0.1, 0.15) is 11.4 Å². The number of nitrogens with zero attached hydrogens (tertiary/aromatic N) is 4. The highest BCUT2D eigenvalue weighted by Crippen LogP contribution is 2.16. The fourth-order valence-electron chi connectivity index (χ4n) is 1.60. The number of hydrogen-bond acceptors (Lipinski definition) is 4. The predicted molar refractivity (Wildman–Crippen MR) is 59.7 cm³/mol. The van der Waals surface area contributed by atoms with Crippen LogP contribution >= 0.6 is 0 Å². The smallest absolute Gasteiger partial charge is 0.384 e. The van der Waals surface area contributed by atoms with Gasteiger partial charge in [0.25, 0.3) is 0 Å². The van der Waals surface area contributed by atoms with Crippen LogP contribution in [0.3, 0.4) is 0 Å². The molecule has 0 aliphatic carbocycles. The summed E-state index contributed by atoms with van der Waals surface area (Å²) in [5.74, 6) is -1.69. The number of aromatic nitrogens is 3. The largest absolute Gasteiger partial charge is 0.411 e. The van der Waals surface area contributed by atoms with E-state index in [4.69, 9.17) is 10.1 Å². The molecule has 0 saturated carbocycles. The molecule has 2 rings (SSSR count). The Labute approximate surface area is 106 Å². The van der Waals surface area contributed by atoms with Crippen molar-refractivity contribution in [1.82, 2.24) is 14.5 Å². The summed E-state index contributed by atoms with van der Waals surface area (Å²) in [5.41, 5.74) is -1.61. The monoisotopic (exact) mass is 266 g/mol. The Morgan fingerprint density at radius 3 is 2.58 bits per heavy atom. The lowest BCUT2D eigenvalue weighted by atomic mass is 10.2. The number of aryl methyl sites for hydroxylation is 1. The Morgan fingerprint density at radius 2 is 2.05 bits per heavy atom. The highest BCUT2D eigenvalue weighted by Gasteiger charge is 2.17. The van der Waals surface area contributed by atoms with E-state index in [0.29, 0.717) is 10.7 Å². The van der Waals surface area contributed by atoms with Gasteiger partial charge in [0.2, 0.25) is 0 Å². The zero-order valence-electron chi connectivity index (χ0n) is 10.0. The van der Waals surface area contributed by atoms with Crippen molar-refractivity contribution in [2.75, 3.05) is 7.11 Å².